The van der Waals surface area contributed by atoms with Gasteiger partial charge in [0.2, 0.25) is 11.8 Å². The van der Waals surface area contributed by atoms with E-state index in [0.29, 0.717) is 33.5 Å². The number of carbonyl (C=O) groups excluding carboxylic acids is 6. The number of amides is 3. The van der Waals surface area contributed by atoms with Crippen LogP contribution < -0.4 is 15.0 Å². The van der Waals surface area contributed by atoms with Crippen molar-refractivity contribution in [2.75, 3.05) is 52.7 Å². The number of aromatic amines is 1. The molecule has 6 aromatic rings. The lowest BCUT2D eigenvalue weighted by molar-refractivity contribution is -0.178. The number of nitrogens with zero attached hydrogens (tertiary/aromatic N) is 3. The van der Waals surface area contributed by atoms with Crippen molar-refractivity contribution in [3.63, 3.8) is 0 Å². The molecule has 0 radical (unpaired) electrons. The molecule has 5 aromatic carbocycles. The number of imide groups is 1. The summed E-state index contributed by atoms with van der Waals surface area (Å²) in [4.78, 5) is 98.5. The molecular formula is C55H51N5O13. The van der Waals surface area contributed by atoms with Gasteiger partial charge in [-0.25, -0.2) is 14.7 Å². The van der Waals surface area contributed by atoms with Gasteiger partial charge in [-0.2, -0.15) is 0 Å². The highest BCUT2D eigenvalue weighted by molar-refractivity contribution is 6.23. The fourth-order valence-electron chi connectivity index (χ4n) is 10.4. The fraction of sp³-hybridized carbons (Fsp3) is 0.291. The number of hydrogen-bond acceptors (Lipinski definition) is 15. The predicted molar refractivity (Wildman–Crippen MR) is 261 cm³/mol. The second-order valence-corrected chi connectivity index (χ2v) is 17.4. The molecule has 2 fully saturated rings. The van der Waals surface area contributed by atoms with Crippen LogP contribution in [0.15, 0.2) is 127 Å². The van der Waals surface area contributed by atoms with Crippen molar-refractivity contribution < 1.29 is 62.3 Å². The molecule has 9 rings (SSSR count). The molecular weight excluding hydrogens is 939 g/mol. The number of carbonyl (C=O) groups is 6. The van der Waals surface area contributed by atoms with Crippen molar-refractivity contribution in [2.24, 2.45) is 11.8 Å². The van der Waals surface area contributed by atoms with Crippen molar-refractivity contribution in [2.45, 2.75) is 42.6 Å². The Kier molecular flexibility index (Phi) is 14.6. The number of methoxy groups -OCH3 is 3. The Morgan fingerprint density at radius 3 is 2.21 bits per heavy atom. The number of morpholine rings is 1. The second-order valence-electron chi connectivity index (χ2n) is 17.4. The zero-order chi connectivity index (χ0) is 51.2. The maximum atomic E-state index is 16.5. The predicted octanol–water partition coefficient (Wildman–Crippen LogP) is 5.40. The topological polar surface area (TPSA) is 225 Å². The van der Waals surface area contributed by atoms with Crippen molar-refractivity contribution >= 4 is 52.5 Å². The minimum absolute atomic E-state index is 0.00915. The van der Waals surface area contributed by atoms with Gasteiger partial charge in [-0.05, 0) is 53.1 Å². The number of nitrogens with one attached hydrogen (secondary N) is 2. The van der Waals surface area contributed by atoms with E-state index in [9.17, 15) is 19.5 Å². The van der Waals surface area contributed by atoms with Crippen LogP contribution in [-0.4, -0.2) is 110 Å². The number of para-hydroxylation sites is 3. The molecule has 18 nitrogen and oxygen atoms in total. The number of rotatable bonds is 15. The normalized spacial score (nSPS) is 20.9. The number of cyclic esters (lactones) is 1. The van der Waals surface area contributed by atoms with Crippen molar-refractivity contribution in [1.82, 2.24) is 20.2 Å². The van der Waals surface area contributed by atoms with Crippen LogP contribution in [-0.2, 0) is 59.6 Å². The molecule has 3 N–H and O–H groups in total. The number of aliphatic hydroxyl groups is 1. The van der Waals surface area contributed by atoms with E-state index in [2.05, 4.69) is 27.1 Å². The second kappa shape index (κ2) is 21.5. The Balaban J connectivity index is 1.33. The van der Waals surface area contributed by atoms with Gasteiger partial charge < -0.3 is 43.8 Å². The van der Waals surface area contributed by atoms with Gasteiger partial charge in [0.15, 0.2) is 5.92 Å². The summed E-state index contributed by atoms with van der Waals surface area (Å²) in [6.07, 6.45) is -2.42. The first-order valence-electron chi connectivity index (χ1n) is 23.5. The zero-order valence-corrected chi connectivity index (χ0v) is 40.0. The number of benzene rings is 5. The van der Waals surface area contributed by atoms with Gasteiger partial charge in [0.05, 0.1) is 68.7 Å². The summed E-state index contributed by atoms with van der Waals surface area (Å²) in [6, 6.07) is 33.3. The van der Waals surface area contributed by atoms with E-state index in [4.69, 9.17) is 28.4 Å². The Morgan fingerprint density at radius 1 is 0.822 bits per heavy atom. The summed E-state index contributed by atoms with van der Waals surface area (Å²) in [5.41, 5.74) is 1.11. The van der Waals surface area contributed by atoms with Crippen LogP contribution in [0.25, 0.3) is 11.0 Å². The van der Waals surface area contributed by atoms with Gasteiger partial charge in [-0.3, -0.25) is 28.9 Å². The summed E-state index contributed by atoms with van der Waals surface area (Å²) in [5, 5.41) is 13.1. The largest absolute Gasteiger partial charge is 0.491 e. The van der Waals surface area contributed by atoms with Crippen LogP contribution in [0.5, 0.6) is 5.75 Å². The third-order valence-electron chi connectivity index (χ3n) is 13.4. The summed E-state index contributed by atoms with van der Waals surface area (Å²) in [7, 11) is 3.70. The van der Waals surface area contributed by atoms with E-state index >= 15 is 14.4 Å². The highest BCUT2D eigenvalue weighted by Crippen LogP contribution is 2.66. The molecule has 18 heteroatoms. The number of fused-ring (bicyclic) bond motifs is 4. The summed E-state index contributed by atoms with van der Waals surface area (Å²) in [5.74, 6) is -0.836. The van der Waals surface area contributed by atoms with Crippen LogP contribution >= 0.6 is 0 Å². The lowest BCUT2D eigenvalue weighted by Crippen LogP contribution is -2.55. The first kappa shape index (κ1) is 49.6. The maximum Gasteiger partial charge on any atom is 0.421 e. The van der Waals surface area contributed by atoms with Gasteiger partial charge in [0, 0.05) is 24.7 Å². The SMILES string of the molecule is COCCOC(=O)N1C(=O)C2(c3cc(C#CCC(C(=O)OC)C(=O)OC)ccc31)C(C(=O)NCc1nc3ccccc3[nH]1)C1C(=O)OC(c3ccccc3)C(c3ccccc3)N1C2c1ccccc1OCCO. The van der Waals surface area contributed by atoms with Crippen molar-refractivity contribution in [1.29, 1.82) is 0 Å². The number of esters is 3. The molecule has 1 spiro atoms. The standard InChI is InChI=1S/C55H51N5O13/c1-68-29-30-72-54(67)59-41-26-25-33(15-14-21-37(50(63)69-2)51(64)70-3)31-38(41)55(53(59)66)44(49(62)56-32-43-57-39-22-11-12-23-40(39)58-43)46-52(65)73-47(35-18-8-5-9-19-35)45(34-16-6-4-7-17-34)60(46)48(55)36-20-10-13-24-42(36)71-28-27-61/h4-13,16-20,22-26,31,37,44-48,61H,21,27-30,32H2,1-3H3,(H,56,62)(H,57,58). The Morgan fingerprint density at radius 2 is 1.51 bits per heavy atom. The molecule has 73 heavy (non-hydrogen) atoms. The third-order valence-corrected chi connectivity index (χ3v) is 13.4. The molecule has 3 aliphatic heterocycles. The number of hydrogen-bond donors (Lipinski definition) is 3. The molecule has 4 heterocycles. The van der Waals surface area contributed by atoms with E-state index in [-0.39, 0.29) is 62.0 Å². The number of aliphatic hydroxyl groups excluding tert-OH is 1. The Labute approximate surface area is 419 Å². The van der Waals surface area contributed by atoms with Gasteiger partial charge in [0.1, 0.15) is 42.3 Å². The summed E-state index contributed by atoms with van der Waals surface area (Å²) < 4.78 is 33.4. The van der Waals surface area contributed by atoms with Crippen molar-refractivity contribution in [3.05, 3.63) is 161 Å². The molecule has 6 atom stereocenters. The number of imidazole rings is 1. The first-order valence-corrected chi connectivity index (χ1v) is 23.5. The van der Waals surface area contributed by atoms with Crippen LogP contribution in [0.4, 0.5) is 10.5 Å². The van der Waals surface area contributed by atoms with E-state index in [1.54, 1.807) is 30.3 Å². The van der Waals surface area contributed by atoms with E-state index in [0.717, 1.165) is 19.1 Å². The van der Waals surface area contributed by atoms with E-state index in [1.165, 1.54) is 19.2 Å². The molecule has 1 aromatic heterocycles. The maximum absolute atomic E-state index is 16.5. The molecule has 374 valence electrons. The quantitative estimate of drug-likeness (QED) is 0.0385. The summed E-state index contributed by atoms with van der Waals surface area (Å²) in [6.45, 7) is -0.973. The van der Waals surface area contributed by atoms with Crippen LogP contribution in [0.2, 0.25) is 0 Å². The minimum Gasteiger partial charge on any atom is -0.491 e. The first-order chi connectivity index (χ1) is 35.6. The van der Waals surface area contributed by atoms with Crippen LogP contribution in [0, 0.1) is 23.7 Å². The van der Waals surface area contributed by atoms with Crippen molar-refractivity contribution in [3.8, 4) is 17.6 Å². The van der Waals surface area contributed by atoms with Gasteiger partial charge in [-0.15, -0.1) is 0 Å². The summed E-state index contributed by atoms with van der Waals surface area (Å²) >= 11 is 0. The van der Waals surface area contributed by atoms with E-state index in [1.807, 2.05) is 89.8 Å². The van der Waals surface area contributed by atoms with Gasteiger partial charge >= 0.3 is 24.0 Å². The average molecular weight is 990 g/mol. The molecule has 0 bridgehead atoms. The highest BCUT2D eigenvalue weighted by atomic mass is 16.6. The Bertz CT molecular complexity index is 3070. The molecule has 6 unspecified atom stereocenters. The van der Waals surface area contributed by atoms with Gasteiger partial charge in [0.25, 0.3) is 0 Å². The van der Waals surface area contributed by atoms with Crippen LogP contribution in [0.3, 0.4) is 0 Å². The monoisotopic (exact) mass is 989 g/mol. The molecule has 0 saturated carbocycles. The lowest BCUT2D eigenvalue weighted by atomic mass is 9.65. The molecule has 2 saturated heterocycles. The number of anilines is 1. The number of ether oxygens (including phenoxy) is 6. The third kappa shape index (κ3) is 9.14. The minimum atomic E-state index is -2.24. The molecule has 0 aliphatic carbocycles. The molecule has 3 aliphatic rings. The molecule has 3 amide bonds. The smallest absolute Gasteiger partial charge is 0.421 e. The lowest BCUT2D eigenvalue weighted by Gasteiger charge is -2.46. The number of H-pyrrole nitrogens is 1. The highest BCUT2D eigenvalue weighted by Gasteiger charge is 2.76. The fourth-order valence-corrected chi connectivity index (χ4v) is 10.4. The average Bonchev–Trinajstić information content (AvgIpc) is 4.08. The van der Waals surface area contributed by atoms with Gasteiger partial charge in [-0.1, -0.05) is 103 Å². The number of aromatic nitrogens is 2. The zero-order valence-electron chi connectivity index (χ0n) is 40.0. The Hall–Kier alpha value is -8.37. The van der Waals surface area contributed by atoms with E-state index < -0.39 is 77.3 Å². The van der Waals surface area contributed by atoms with Crippen LogP contribution in [0.1, 0.15) is 58.3 Å².